The Hall–Kier alpha value is -5.20. The van der Waals surface area contributed by atoms with Crippen molar-refractivity contribution in [3.63, 3.8) is 0 Å². The molecular formula is C49H52N4O6S2. The summed E-state index contributed by atoms with van der Waals surface area (Å²) in [5.74, 6) is -5.59. The molecule has 10 nitrogen and oxygen atoms in total. The summed E-state index contributed by atoms with van der Waals surface area (Å²) in [6.07, 6.45) is 18.3. The third-order valence-corrected chi connectivity index (χ3v) is 15.2. The Morgan fingerprint density at radius 1 is 0.623 bits per heavy atom. The Labute approximate surface area is 365 Å². The summed E-state index contributed by atoms with van der Waals surface area (Å²) >= 11 is 2.94. The van der Waals surface area contributed by atoms with Crippen LogP contribution in [0.15, 0.2) is 94.1 Å². The highest BCUT2D eigenvalue weighted by molar-refractivity contribution is 8.05. The van der Waals surface area contributed by atoms with Gasteiger partial charge >= 0.3 is 0 Å². The number of hydrogen-bond acceptors (Lipinski definition) is 10. The van der Waals surface area contributed by atoms with E-state index in [9.17, 15) is 28.8 Å². The Bertz CT molecular complexity index is 2290. The van der Waals surface area contributed by atoms with E-state index in [1.54, 1.807) is 0 Å². The van der Waals surface area contributed by atoms with Crippen LogP contribution in [0.2, 0.25) is 0 Å². The first-order valence-electron chi connectivity index (χ1n) is 21.3. The first-order chi connectivity index (χ1) is 29.2. The molecule has 0 aromatic heterocycles. The smallest absolute Gasteiger partial charge is 0.292 e. The first kappa shape index (κ1) is 42.5. The molecule has 2 aromatic carbocycles. The van der Waals surface area contributed by atoms with Crippen molar-refractivity contribution in [1.29, 1.82) is 0 Å². The zero-order valence-electron chi connectivity index (χ0n) is 35.3. The van der Waals surface area contributed by atoms with E-state index < -0.39 is 35.2 Å². The zero-order valence-corrected chi connectivity index (χ0v) is 37.0. The monoisotopic (exact) mass is 856 g/mol. The van der Waals surface area contributed by atoms with E-state index in [4.69, 9.17) is 0 Å². The largest absolute Gasteiger partial charge is 0.380 e. The van der Waals surface area contributed by atoms with Crippen LogP contribution in [0.1, 0.15) is 98.6 Å². The second-order valence-corrected chi connectivity index (χ2v) is 19.8. The lowest BCUT2D eigenvalue weighted by Crippen LogP contribution is -2.45. The summed E-state index contributed by atoms with van der Waals surface area (Å²) in [6.45, 7) is 12.0. The molecule has 0 fully saturated rings. The fourth-order valence-electron chi connectivity index (χ4n) is 9.19. The normalized spacial score (nSPS) is 25.0. The van der Waals surface area contributed by atoms with Crippen molar-refractivity contribution in [3.8, 4) is 0 Å². The highest BCUT2D eigenvalue weighted by Crippen LogP contribution is 2.43. The molecule has 2 heterocycles. The lowest BCUT2D eigenvalue weighted by molar-refractivity contribution is -0.141. The minimum atomic E-state index is -1.02. The number of anilines is 2. The van der Waals surface area contributed by atoms with Gasteiger partial charge in [0, 0.05) is 22.8 Å². The van der Waals surface area contributed by atoms with Crippen molar-refractivity contribution in [2.75, 3.05) is 10.6 Å². The van der Waals surface area contributed by atoms with Crippen LogP contribution in [0.5, 0.6) is 0 Å². The molecule has 4 N–H and O–H groups in total. The van der Waals surface area contributed by atoms with Crippen molar-refractivity contribution in [2.24, 2.45) is 11.8 Å². The zero-order chi connectivity index (χ0) is 43.3. The maximum absolute atomic E-state index is 13.6. The average Bonchev–Trinajstić information content (AvgIpc) is 3.23. The van der Waals surface area contributed by atoms with Crippen molar-refractivity contribution < 1.29 is 28.8 Å². The Morgan fingerprint density at radius 3 is 1.41 bits per heavy atom. The van der Waals surface area contributed by atoms with Crippen LogP contribution in [-0.2, 0) is 35.2 Å². The summed E-state index contributed by atoms with van der Waals surface area (Å²) < 4.78 is 0. The van der Waals surface area contributed by atoms with Gasteiger partial charge in [0.15, 0.2) is 11.6 Å². The number of carbonyl (C=O) groups is 6. The molecule has 6 atom stereocenters. The number of nitrogens with one attached hydrogen (secondary N) is 4. The molecule has 0 unspecified atom stereocenters. The second-order valence-electron chi connectivity index (χ2n) is 17.4. The van der Waals surface area contributed by atoms with Gasteiger partial charge in [0.05, 0.1) is 44.2 Å². The number of benzene rings is 2. The van der Waals surface area contributed by atoms with Gasteiger partial charge in [-0.1, -0.05) is 101 Å². The van der Waals surface area contributed by atoms with Crippen LogP contribution in [-0.4, -0.2) is 57.5 Å². The van der Waals surface area contributed by atoms with Gasteiger partial charge < -0.3 is 21.3 Å². The first-order valence-corrected chi connectivity index (χ1v) is 23.0. The number of ketones is 4. The average molecular weight is 857 g/mol. The molecule has 2 amide bonds. The van der Waals surface area contributed by atoms with E-state index in [0.717, 1.165) is 44.8 Å². The van der Waals surface area contributed by atoms with Gasteiger partial charge in [0.25, 0.3) is 11.8 Å². The van der Waals surface area contributed by atoms with E-state index >= 15 is 0 Å². The number of Topliss-reactive ketones (excluding diaryl/α,β-unsaturated/α-hetero) is 4. The summed E-state index contributed by atoms with van der Waals surface area (Å²) in [6, 6.07) is 8.32. The van der Waals surface area contributed by atoms with Gasteiger partial charge in [-0.15, -0.1) is 23.5 Å². The quantitative estimate of drug-likeness (QED) is 0.137. The van der Waals surface area contributed by atoms with E-state index in [1.807, 2.05) is 90.1 Å². The highest BCUT2D eigenvalue weighted by atomic mass is 32.2. The van der Waals surface area contributed by atoms with E-state index in [2.05, 4.69) is 45.6 Å². The van der Waals surface area contributed by atoms with Gasteiger partial charge in [0.1, 0.15) is 0 Å². The van der Waals surface area contributed by atoms with Crippen molar-refractivity contribution in [1.82, 2.24) is 10.6 Å². The number of carbonyl (C=O) groups excluding carboxylic acids is 6. The lowest BCUT2D eigenvalue weighted by Gasteiger charge is -2.36. The molecule has 316 valence electrons. The predicted octanol–water partition coefficient (Wildman–Crippen LogP) is 7.94. The maximum atomic E-state index is 13.6. The van der Waals surface area contributed by atoms with Gasteiger partial charge in [-0.25, -0.2) is 0 Å². The Balaban J connectivity index is 0.952. The Morgan fingerprint density at radius 2 is 1.02 bits per heavy atom. The summed E-state index contributed by atoms with van der Waals surface area (Å²) in [5, 5.41) is 12.8. The van der Waals surface area contributed by atoms with E-state index in [1.165, 1.54) is 23.5 Å². The topological polar surface area (TPSA) is 151 Å². The predicted molar refractivity (Wildman–Crippen MR) is 243 cm³/mol. The molecule has 0 saturated carbocycles. The number of rotatable bonds is 10. The summed E-state index contributed by atoms with van der Waals surface area (Å²) in [5.41, 5.74) is 8.23. The van der Waals surface area contributed by atoms with Gasteiger partial charge in [-0.2, -0.15) is 0 Å². The third-order valence-electron chi connectivity index (χ3n) is 12.4. The molecule has 12 heteroatoms. The van der Waals surface area contributed by atoms with Crippen LogP contribution in [0.25, 0.3) is 0 Å². The number of allylic oxidation sites excluding steroid dienone is 8. The molecule has 0 bridgehead atoms. The van der Waals surface area contributed by atoms with Crippen LogP contribution in [0.4, 0.5) is 11.4 Å². The van der Waals surface area contributed by atoms with Gasteiger partial charge in [-0.05, 0) is 91.2 Å². The van der Waals surface area contributed by atoms with Crippen molar-refractivity contribution in [2.45, 2.75) is 108 Å². The van der Waals surface area contributed by atoms with E-state index in [-0.39, 0.29) is 58.8 Å². The van der Waals surface area contributed by atoms with E-state index in [0.29, 0.717) is 40.4 Å². The number of amides is 2. The van der Waals surface area contributed by atoms with Crippen LogP contribution < -0.4 is 21.3 Å². The molecule has 61 heavy (non-hydrogen) atoms. The van der Waals surface area contributed by atoms with Gasteiger partial charge in [-0.3, -0.25) is 28.8 Å². The number of fused-ring (bicyclic) bond motifs is 2. The molecule has 8 rings (SSSR count). The lowest BCUT2D eigenvalue weighted by atomic mass is 9.86. The third kappa shape index (κ3) is 8.41. The SMILES string of the molecule is Cc1cc(Cc2cc(C)c(NC(=O)C(=O)[C@@H]3CCC4=C(S[C@@H]5C=CC=C[C@@H]5N4)C3=O)c(C(C)C)c2)cc(C(C)C)c1NC(=O)C(=O)[C@@H]1CCC2=C(S[C@@H]3C=CC=C[C@@H]3N2)C1=O. The maximum Gasteiger partial charge on any atom is 0.292 e. The summed E-state index contributed by atoms with van der Waals surface area (Å²) in [4.78, 5) is 82.8. The Kier molecular flexibility index (Phi) is 12.0. The number of hydrogen-bond donors (Lipinski definition) is 4. The minimum Gasteiger partial charge on any atom is -0.380 e. The molecule has 4 aliphatic carbocycles. The fraction of sp³-hybridized carbons (Fsp3) is 0.388. The minimum absolute atomic E-state index is 0.0106. The molecule has 0 saturated heterocycles. The van der Waals surface area contributed by atoms with Crippen molar-refractivity contribution in [3.05, 3.63) is 127 Å². The summed E-state index contributed by atoms with van der Waals surface area (Å²) in [7, 11) is 0. The standard InChI is InChI=1S/C49H52N4O6S2/c1-24(2)32-22-28(19-26(5)40(32)52-48(58)44(56)30-15-17-36-46(42(30)54)60-38-13-9-7-11-34(38)50-36)21-29-20-27(6)41(33(23-29)25(3)4)53-49(59)45(57)31-16-18-37-47(43(31)55)61-39-14-10-8-12-35(39)51-37/h7-14,19-20,22-25,30-31,34-35,38-39,50-51H,15-18,21H2,1-6H3,(H,52,58)(H,53,59)/t30-,31-,34+,35+,38-,39-/m1/s1. The molecule has 2 aliphatic heterocycles. The highest BCUT2D eigenvalue weighted by Gasteiger charge is 2.43. The molecule has 0 spiro atoms. The second kappa shape index (κ2) is 17.3. The number of thioether (sulfide) groups is 2. The number of aryl methyl sites for hydroxylation is 2. The van der Waals surface area contributed by atoms with Crippen molar-refractivity contribution >= 4 is 69.8 Å². The molecule has 0 radical (unpaired) electrons. The molecule has 6 aliphatic rings. The molecule has 2 aromatic rings. The van der Waals surface area contributed by atoms with Crippen LogP contribution >= 0.6 is 23.5 Å². The molecular weight excluding hydrogens is 805 g/mol. The fourth-order valence-corrected chi connectivity index (χ4v) is 11.8. The van der Waals surface area contributed by atoms with Crippen LogP contribution in [0, 0.1) is 25.7 Å². The van der Waals surface area contributed by atoms with Gasteiger partial charge in [0.2, 0.25) is 11.6 Å². The van der Waals surface area contributed by atoms with Crippen LogP contribution in [0.3, 0.4) is 0 Å².